The van der Waals surface area contributed by atoms with Crippen molar-refractivity contribution in [3.63, 3.8) is 0 Å². The second-order valence-electron chi connectivity index (χ2n) is 12.7. The maximum atomic E-state index is 7.10. The lowest BCUT2D eigenvalue weighted by Crippen LogP contribution is -2.64. The molecule has 0 aromatic heterocycles. The molecule has 0 N–H and O–H groups in total. The summed E-state index contributed by atoms with van der Waals surface area (Å²) in [6.45, 7) is 2.86. The minimum atomic E-state index is -0.464. The highest BCUT2D eigenvalue weighted by atomic mass is 16.6. The Morgan fingerprint density at radius 2 is 0.980 bits per heavy atom. The molecule has 6 heteroatoms. The molecule has 0 unspecified atom stereocenters. The molecule has 5 aromatic carbocycles. The van der Waals surface area contributed by atoms with Crippen molar-refractivity contribution in [2.24, 2.45) is 0 Å². The van der Waals surface area contributed by atoms with Crippen molar-refractivity contribution in [2.45, 2.75) is 63.5 Å². The zero-order valence-corrected chi connectivity index (χ0v) is 27.8. The molecular weight excluding hydrogens is 610 g/mol. The van der Waals surface area contributed by atoms with E-state index in [0.29, 0.717) is 33.0 Å². The Bertz CT molecular complexity index is 1750. The molecule has 0 aliphatic carbocycles. The van der Waals surface area contributed by atoms with Crippen LogP contribution in [0.25, 0.3) is 0 Å². The number of nitrogens with zero attached hydrogens (tertiary/aromatic N) is 1. The van der Waals surface area contributed by atoms with Crippen LogP contribution in [0.4, 0.5) is 0 Å². The first-order valence-corrected chi connectivity index (χ1v) is 17.2. The molecule has 49 heavy (non-hydrogen) atoms. The zero-order valence-electron chi connectivity index (χ0n) is 27.8. The van der Waals surface area contributed by atoms with Gasteiger partial charge in [-0.15, -0.1) is 0 Å². The van der Waals surface area contributed by atoms with Crippen LogP contribution in [-0.4, -0.2) is 54.6 Å². The molecule has 1 saturated heterocycles. The monoisotopic (exact) mass is 654 g/mol. The Balaban J connectivity index is 1.24. The molecule has 0 bridgehead atoms. The molecule has 2 heterocycles. The van der Waals surface area contributed by atoms with Crippen LogP contribution in [0.3, 0.4) is 0 Å². The summed E-state index contributed by atoms with van der Waals surface area (Å²) < 4.78 is 36.4. The summed E-state index contributed by atoms with van der Waals surface area (Å²) in [5, 5.41) is 0. The fraction of sp³-hybridized carbons (Fsp3) is 0.279. The molecule has 1 fully saturated rings. The van der Waals surface area contributed by atoms with Crippen LogP contribution in [0, 0.1) is 0 Å². The van der Waals surface area contributed by atoms with Crippen LogP contribution < -0.4 is 0 Å². The third-order valence-corrected chi connectivity index (χ3v) is 9.19. The van der Waals surface area contributed by atoms with E-state index in [9.17, 15) is 0 Å². The van der Waals surface area contributed by atoms with E-state index in [1.54, 1.807) is 0 Å². The van der Waals surface area contributed by atoms with Crippen molar-refractivity contribution in [3.8, 4) is 0 Å². The van der Waals surface area contributed by atoms with Gasteiger partial charge in [0.1, 0.15) is 24.9 Å². The second kappa shape index (κ2) is 16.8. The minimum absolute atomic E-state index is 0.339. The minimum Gasteiger partial charge on any atom is -0.374 e. The zero-order chi connectivity index (χ0) is 33.1. The van der Waals surface area contributed by atoms with Crippen molar-refractivity contribution < 1.29 is 28.3 Å². The lowest BCUT2D eigenvalue weighted by Gasteiger charge is -2.44. The van der Waals surface area contributed by atoms with E-state index in [1.165, 1.54) is 11.1 Å². The lowest BCUT2D eigenvalue weighted by molar-refractivity contribution is -0.636. The van der Waals surface area contributed by atoms with Crippen LogP contribution >= 0.6 is 0 Å². The largest absolute Gasteiger partial charge is 0.374 e. The number of rotatable bonds is 14. The SMILES string of the molecule is C1=[N+]([C@@H]2O[C@H](COCc3ccccc3)[C@H](OCc3ccccc3)[C@H](OCc3ccccc3)[C@H]2OCc2ccccc2)CCc2ccccc21. The van der Waals surface area contributed by atoms with E-state index < -0.39 is 30.6 Å². The van der Waals surface area contributed by atoms with Gasteiger partial charge in [-0.3, -0.25) is 0 Å². The van der Waals surface area contributed by atoms with E-state index in [2.05, 4.69) is 83.6 Å². The first-order valence-electron chi connectivity index (χ1n) is 17.2. The average molecular weight is 655 g/mol. The van der Waals surface area contributed by atoms with Crippen molar-refractivity contribution in [3.05, 3.63) is 179 Å². The second-order valence-corrected chi connectivity index (χ2v) is 12.7. The summed E-state index contributed by atoms with van der Waals surface area (Å²) in [7, 11) is 0. The molecule has 6 nitrogen and oxygen atoms in total. The summed E-state index contributed by atoms with van der Waals surface area (Å²) >= 11 is 0. The fourth-order valence-electron chi connectivity index (χ4n) is 6.61. The van der Waals surface area contributed by atoms with Crippen LogP contribution in [0.1, 0.15) is 33.4 Å². The van der Waals surface area contributed by atoms with Crippen molar-refractivity contribution in [2.75, 3.05) is 13.2 Å². The first-order chi connectivity index (χ1) is 24.3. The van der Waals surface area contributed by atoms with Gasteiger partial charge in [0.2, 0.25) is 0 Å². The van der Waals surface area contributed by atoms with Crippen LogP contribution in [0.15, 0.2) is 146 Å². The highest BCUT2D eigenvalue weighted by Crippen LogP contribution is 2.32. The molecule has 7 rings (SSSR count). The van der Waals surface area contributed by atoms with Crippen molar-refractivity contribution in [1.82, 2.24) is 0 Å². The summed E-state index contributed by atoms with van der Waals surface area (Å²) in [5.74, 6) is 0. The summed E-state index contributed by atoms with van der Waals surface area (Å²) in [6, 6.07) is 49.6. The maximum absolute atomic E-state index is 7.10. The van der Waals surface area contributed by atoms with E-state index in [0.717, 1.165) is 35.2 Å². The third kappa shape index (κ3) is 8.79. The third-order valence-electron chi connectivity index (χ3n) is 9.19. The summed E-state index contributed by atoms with van der Waals surface area (Å²) in [6.07, 6.45) is 0.896. The Morgan fingerprint density at radius 3 is 1.55 bits per heavy atom. The molecule has 2 aliphatic rings. The Hall–Kier alpha value is -4.43. The van der Waals surface area contributed by atoms with Gasteiger partial charge in [-0.1, -0.05) is 140 Å². The quantitative estimate of drug-likeness (QED) is 0.117. The lowest BCUT2D eigenvalue weighted by atomic mass is 9.95. The van der Waals surface area contributed by atoms with Gasteiger partial charge >= 0.3 is 0 Å². The first kappa shape index (κ1) is 33.1. The number of hydrogen-bond acceptors (Lipinski definition) is 5. The number of ether oxygens (including phenoxy) is 5. The highest BCUT2D eigenvalue weighted by Gasteiger charge is 2.53. The van der Waals surface area contributed by atoms with Crippen LogP contribution in [-0.2, 0) is 56.5 Å². The average Bonchev–Trinajstić information content (AvgIpc) is 3.17. The smallest absolute Gasteiger partial charge is 0.287 e. The standard InChI is InChI=1S/C43H44NO5/c1-5-15-33(16-6-1)28-45-32-39-40(46-29-34-17-7-2-8-18-34)41(47-30-35-19-9-3-10-20-35)42(48-31-36-21-11-4-12-22-36)43(49-39)44-26-25-37-23-13-14-24-38(37)27-44/h1-24,27,39-43H,25-26,28-32H2/q+1/t39-,40+,41+,42-,43-/m1/s1. The number of fused-ring (bicyclic) bond motifs is 1. The van der Waals surface area contributed by atoms with E-state index in [1.807, 2.05) is 72.8 Å². The Labute approximate surface area is 289 Å². The molecule has 0 radical (unpaired) electrons. The van der Waals surface area contributed by atoms with E-state index in [4.69, 9.17) is 23.7 Å². The molecule has 0 amide bonds. The van der Waals surface area contributed by atoms with Crippen molar-refractivity contribution >= 4 is 6.21 Å². The Morgan fingerprint density at radius 1 is 0.510 bits per heavy atom. The molecular formula is C43H44NO5+. The molecule has 0 spiro atoms. The fourth-order valence-corrected chi connectivity index (χ4v) is 6.61. The van der Waals surface area contributed by atoms with Gasteiger partial charge in [0.25, 0.3) is 6.23 Å². The van der Waals surface area contributed by atoms with Gasteiger partial charge in [0, 0.05) is 12.0 Å². The Kier molecular flexibility index (Phi) is 11.3. The predicted octanol–water partition coefficient (Wildman–Crippen LogP) is 7.37. The predicted molar refractivity (Wildman–Crippen MR) is 190 cm³/mol. The molecule has 0 saturated carbocycles. The van der Waals surface area contributed by atoms with Gasteiger partial charge in [-0.05, 0) is 33.9 Å². The van der Waals surface area contributed by atoms with Crippen molar-refractivity contribution in [1.29, 1.82) is 0 Å². The molecule has 250 valence electrons. The van der Waals surface area contributed by atoms with E-state index >= 15 is 0 Å². The van der Waals surface area contributed by atoms with Gasteiger partial charge in [-0.25, -0.2) is 4.58 Å². The summed E-state index contributed by atoms with van der Waals surface area (Å²) in [5.41, 5.74) is 6.90. The van der Waals surface area contributed by atoms with Gasteiger partial charge in [0.15, 0.2) is 12.3 Å². The number of benzene rings is 5. The van der Waals surface area contributed by atoms with Gasteiger partial charge < -0.3 is 23.7 Å². The molecule has 2 aliphatic heterocycles. The van der Waals surface area contributed by atoms with Gasteiger partial charge in [-0.2, -0.15) is 0 Å². The maximum Gasteiger partial charge on any atom is 0.287 e. The summed E-state index contributed by atoms with van der Waals surface area (Å²) in [4.78, 5) is 0. The molecule has 5 aromatic rings. The van der Waals surface area contributed by atoms with E-state index in [-0.39, 0.29) is 0 Å². The van der Waals surface area contributed by atoms with Crippen LogP contribution in [0.2, 0.25) is 0 Å². The highest BCUT2D eigenvalue weighted by molar-refractivity contribution is 5.78. The van der Waals surface area contributed by atoms with Crippen LogP contribution in [0.5, 0.6) is 0 Å². The topological polar surface area (TPSA) is 49.2 Å². The normalized spacial score (nSPS) is 21.9. The molecule has 5 atom stereocenters. The van der Waals surface area contributed by atoms with Gasteiger partial charge in [0.05, 0.1) is 33.0 Å². The number of hydrogen-bond donors (Lipinski definition) is 0.